The molecular formula is C31H35NO8. The lowest BCUT2D eigenvalue weighted by Crippen LogP contribution is -2.49. The number of fused-ring (bicyclic) bond motifs is 1. The number of allylic oxidation sites excluding steroid dienone is 1. The number of hydrogen-bond donors (Lipinski definition) is 0. The van der Waals surface area contributed by atoms with Crippen LogP contribution in [0.4, 0.5) is 0 Å². The smallest absolute Gasteiger partial charge is 0.336 e. The normalized spacial score (nSPS) is 22.1. The first-order chi connectivity index (χ1) is 19.3. The van der Waals surface area contributed by atoms with Crippen molar-refractivity contribution >= 4 is 23.4 Å². The molecule has 1 fully saturated rings. The number of carbonyl (C=O) groups excluding carboxylic acids is 3. The molecule has 0 amide bonds. The fourth-order valence-electron chi connectivity index (χ4n) is 5.83. The summed E-state index contributed by atoms with van der Waals surface area (Å²) in [6, 6.07) is 12.5. The number of hydrogen-bond acceptors (Lipinski definition) is 9. The second kappa shape index (κ2) is 12.4. The van der Waals surface area contributed by atoms with Gasteiger partial charge in [0, 0.05) is 34.9 Å². The fraction of sp³-hybridized carbons (Fsp3) is 0.419. The number of methoxy groups -OCH3 is 3. The predicted octanol–water partition coefficient (Wildman–Crippen LogP) is 4.64. The lowest BCUT2D eigenvalue weighted by Gasteiger charge is -2.41. The molecule has 1 saturated carbocycles. The topological polar surface area (TPSA) is 110 Å². The highest BCUT2D eigenvalue weighted by molar-refractivity contribution is 6.18. The van der Waals surface area contributed by atoms with Crippen LogP contribution in [-0.4, -0.2) is 58.0 Å². The van der Waals surface area contributed by atoms with Crippen molar-refractivity contribution in [2.24, 2.45) is 16.8 Å². The molecule has 2 aromatic rings. The van der Waals surface area contributed by atoms with E-state index in [2.05, 4.69) is 0 Å². The molecule has 1 aliphatic carbocycles. The molecule has 40 heavy (non-hydrogen) atoms. The number of aliphatic imine (C=N–C) groups is 1. The zero-order valence-electron chi connectivity index (χ0n) is 23.7. The largest absolute Gasteiger partial charge is 0.497 e. The van der Waals surface area contributed by atoms with Crippen LogP contribution in [0.1, 0.15) is 50.2 Å². The SMILES string of the molecule is CCOC(=O)C1=C(C)N=C2C[C@H](c3ccccc3OC)[C@H](C(=O)OCC)C(=O)C2[C@@H]1c1ccc(OC)cc1OC. The van der Waals surface area contributed by atoms with E-state index in [0.29, 0.717) is 46.2 Å². The highest BCUT2D eigenvalue weighted by Crippen LogP contribution is 2.51. The van der Waals surface area contributed by atoms with Crippen molar-refractivity contribution in [3.8, 4) is 17.2 Å². The van der Waals surface area contributed by atoms with Gasteiger partial charge in [0.1, 0.15) is 23.2 Å². The predicted molar refractivity (Wildman–Crippen MR) is 148 cm³/mol. The van der Waals surface area contributed by atoms with Crippen molar-refractivity contribution in [2.45, 2.75) is 39.0 Å². The van der Waals surface area contributed by atoms with Crippen LogP contribution in [0.5, 0.6) is 17.2 Å². The Bertz CT molecular complexity index is 1360. The number of carbonyl (C=O) groups is 3. The second-order valence-corrected chi connectivity index (χ2v) is 9.57. The van der Waals surface area contributed by atoms with Crippen LogP contribution in [-0.2, 0) is 23.9 Å². The molecule has 2 aliphatic rings. The molecule has 212 valence electrons. The highest BCUT2D eigenvalue weighted by atomic mass is 16.5. The highest BCUT2D eigenvalue weighted by Gasteiger charge is 2.53. The maximum absolute atomic E-state index is 14.5. The van der Waals surface area contributed by atoms with Crippen LogP contribution in [0.15, 0.2) is 58.7 Å². The quantitative estimate of drug-likeness (QED) is 0.329. The molecule has 4 rings (SSSR count). The number of rotatable bonds is 9. The number of ether oxygens (including phenoxy) is 5. The second-order valence-electron chi connectivity index (χ2n) is 9.57. The summed E-state index contributed by atoms with van der Waals surface area (Å²) in [6.07, 6.45) is 0.294. The van der Waals surface area contributed by atoms with Crippen LogP contribution in [0, 0.1) is 11.8 Å². The number of para-hydroxylation sites is 1. The first-order valence-corrected chi connectivity index (χ1v) is 13.3. The first-order valence-electron chi connectivity index (χ1n) is 13.3. The Labute approximate surface area is 234 Å². The van der Waals surface area contributed by atoms with Gasteiger partial charge in [-0.2, -0.15) is 0 Å². The van der Waals surface area contributed by atoms with E-state index in [0.717, 1.165) is 0 Å². The van der Waals surface area contributed by atoms with Gasteiger partial charge in [-0.25, -0.2) is 4.79 Å². The summed E-state index contributed by atoms with van der Waals surface area (Å²) in [4.78, 5) is 46.1. The first kappa shape index (κ1) is 28.9. The molecule has 0 bridgehead atoms. The van der Waals surface area contributed by atoms with Gasteiger partial charge in [0.15, 0.2) is 5.78 Å². The van der Waals surface area contributed by atoms with Gasteiger partial charge in [0.05, 0.1) is 46.0 Å². The molecule has 0 radical (unpaired) electrons. The summed E-state index contributed by atoms with van der Waals surface area (Å²) in [5, 5.41) is 0. The van der Waals surface area contributed by atoms with Crippen molar-refractivity contribution in [3.63, 3.8) is 0 Å². The zero-order valence-corrected chi connectivity index (χ0v) is 23.7. The molecule has 1 aliphatic heterocycles. The van der Waals surface area contributed by atoms with Gasteiger partial charge in [-0.3, -0.25) is 14.6 Å². The van der Waals surface area contributed by atoms with Crippen LogP contribution in [0.2, 0.25) is 0 Å². The van der Waals surface area contributed by atoms with E-state index in [1.165, 1.54) is 7.11 Å². The molecule has 0 spiro atoms. The van der Waals surface area contributed by atoms with Gasteiger partial charge in [0.2, 0.25) is 0 Å². The Balaban J connectivity index is 1.95. The van der Waals surface area contributed by atoms with Crippen LogP contribution in [0.3, 0.4) is 0 Å². The molecule has 2 aromatic carbocycles. The Kier molecular flexibility index (Phi) is 8.92. The van der Waals surface area contributed by atoms with Gasteiger partial charge in [0.25, 0.3) is 0 Å². The summed E-state index contributed by atoms with van der Waals surface area (Å²) in [5.41, 5.74) is 2.60. The van der Waals surface area contributed by atoms with Crippen molar-refractivity contribution in [3.05, 3.63) is 64.9 Å². The molecule has 1 unspecified atom stereocenters. The molecule has 0 aromatic heterocycles. The number of esters is 2. The molecule has 9 nitrogen and oxygen atoms in total. The number of ketones is 1. The van der Waals surface area contributed by atoms with Crippen molar-refractivity contribution in [1.82, 2.24) is 0 Å². The molecule has 0 saturated heterocycles. The Morgan fingerprint density at radius 2 is 1.57 bits per heavy atom. The minimum atomic E-state index is -1.13. The van der Waals surface area contributed by atoms with E-state index in [1.54, 1.807) is 59.3 Å². The van der Waals surface area contributed by atoms with Crippen molar-refractivity contribution in [1.29, 1.82) is 0 Å². The van der Waals surface area contributed by atoms with Gasteiger partial charge in [-0.1, -0.05) is 24.3 Å². The summed E-state index contributed by atoms with van der Waals surface area (Å²) in [6.45, 7) is 5.42. The van der Waals surface area contributed by atoms with Crippen LogP contribution in [0.25, 0.3) is 0 Å². The third-order valence-electron chi connectivity index (χ3n) is 7.50. The molecule has 9 heteroatoms. The van der Waals surface area contributed by atoms with Crippen LogP contribution >= 0.6 is 0 Å². The molecular weight excluding hydrogens is 514 g/mol. The summed E-state index contributed by atoms with van der Waals surface area (Å²) in [7, 11) is 4.60. The van der Waals surface area contributed by atoms with Crippen molar-refractivity contribution in [2.75, 3.05) is 34.5 Å². The molecule has 0 N–H and O–H groups in total. The van der Waals surface area contributed by atoms with Gasteiger partial charge in [-0.05, 0) is 44.9 Å². The summed E-state index contributed by atoms with van der Waals surface area (Å²) in [5.74, 6) is -3.41. The summed E-state index contributed by atoms with van der Waals surface area (Å²) < 4.78 is 27.5. The maximum Gasteiger partial charge on any atom is 0.336 e. The third kappa shape index (κ3) is 5.20. The van der Waals surface area contributed by atoms with E-state index < -0.39 is 35.6 Å². The minimum Gasteiger partial charge on any atom is -0.497 e. The fourth-order valence-corrected chi connectivity index (χ4v) is 5.83. The van der Waals surface area contributed by atoms with E-state index in [-0.39, 0.29) is 24.6 Å². The van der Waals surface area contributed by atoms with E-state index in [4.69, 9.17) is 28.7 Å². The monoisotopic (exact) mass is 549 g/mol. The Morgan fingerprint density at radius 1 is 0.875 bits per heavy atom. The number of nitrogens with zero attached hydrogens (tertiary/aromatic N) is 1. The van der Waals surface area contributed by atoms with E-state index in [1.807, 2.05) is 18.2 Å². The lowest BCUT2D eigenvalue weighted by atomic mass is 9.62. The average Bonchev–Trinajstić information content (AvgIpc) is 2.96. The maximum atomic E-state index is 14.5. The Morgan fingerprint density at radius 3 is 2.23 bits per heavy atom. The lowest BCUT2D eigenvalue weighted by molar-refractivity contribution is -0.153. The van der Waals surface area contributed by atoms with Gasteiger partial charge < -0.3 is 23.7 Å². The Hall–Kier alpha value is -4.14. The summed E-state index contributed by atoms with van der Waals surface area (Å²) >= 11 is 0. The molecule has 1 heterocycles. The minimum absolute atomic E-state index is 0.121. The standard InChI is InChI=1S/C31H35NO8/c1-7-39-30(34)25-17(3)32-22-16-21(19-11-9-10-12-23(19)37-5)27(31(35)40-8-2)29(33)28(22)26(25)20-14-13-18(36-4)15-24(20)38-6/h9-15,21,26-28H,7-8,16H2,1-6H3/t21-,26-,27+,28?/m1/s1. The number of benzene rings is 2. The van der Waals surface area contributed by atoms with Crippen LogP contribution < -0.4 is 14.2 Å². The van der Waals surface area contributed by atoms with Gasteiger partial charge in [-0.15, -0.1) is 0 Å². The third-order valence-corrected chi connectivity index (χ3v) is 7.50. The average molecular weight is 550 g/mol. The zero-order chi connectivity index (χ0) is 29.0. The van der Waals surface area contributed by atoms with Crippen molar-refractivity contribution < 1.29 is 38.1 Å². The van der Waals surface area contributed by atoms with E-state index >= 15 is 0 Å². The van der Waals surface area contributed by atoms with E-state index in [9.17, 15) is 14.4 Å². The number of Topliss-reactive ketones (excluding diaryl/α,β-unsaturated/α-hetero) is 1. The molecule has 4 atom stereocenters. The van der Waals surface area contributed by atoms with Gasteiger partial charge >= 0.3 is 11.9 Å².